The van der Waals surface area contributed by atoms with E-state index in [1.165, 1.54) is 24.9 Å². The molecule has 0 radical (unpaired) electrons. The summed E-state index contributed by atoms with van der Waals surface area (Å²) in [5.74, 6) is 5.77. The Hall–Kier alpha value is -0.460. The van der Waals surface area contributed by atoms with Crippen LogP contribution >= 0.6 is 15.9 Å². The lowest BCUT2D eigenvalue weighted by atomic mass is 10.00. The van der Waals surface area contributed by atoms with E-state index in [0.29, 0.717) is 6.04 Å². The summed E-state index contributed by atoms with van der Waals surface area (Å²) >= 11 is 3.52. The van der Waals surface area contributed by atoms with E-state index in [-0.39, 0.29) is 12.1 Å². The van der Waals surface area contributed by atoms with E-state index in [4.69, 9.17) is 10.6 Å². The number of ether oxygens (including phenoxy) is 1. The fourth-order valence-electron chi connectivity index (χ4n) is 3.30. The summed E-state index contributed by atoms with van der Waals surface area (Å²) < 4.78 is 7.16. The average Bonchev–Trinajstić information content (AvgIpc) is 2.92. The monoisotopic (exact) mass is 339 g/mol. The number of nitrogens with one attached hydrogen (secondary N) is 1. The predicted molar refractivity (Wildman–Crippen MR) is 83.3 cm³/mol. The molecule has 3 rings (SSSR count). The molecule has 0 aliphatic carbocycles. The van der Waals surface area contributed by atoms with Gasteiger partial charge in [-0.15, -0.1) is 0 Å². The second kappa shape index (κ2) is 6.54. The molecule has 0 amide bonds. The Bertz CT molecular complexity index is 456. The van der Waals surface area contributed by atoms with Crippen LogP contribution in [0.3, 0.4) is 0 Å². The Morgan fingerprint density at radius 2 is 2.40 bits per heavy atom. The standard InChI is InChI=1S/C15H22BrN3O/c16-12-4-1-3-11(7-12)8-14(18-17)15-9-19-6-2-5-13(19)10-20-15/h1,3-4,7,13-15,18H,2,5-6,8-10,17H2. The number of nitrogens with zero attached hydrogens (tertiary/aromatic N) is 1. The van der Waals surface area contributed by atoms with Crippen LogP contribution in [0, 0.1) is 0 Å². The zero-order valence-electron chi connectivity index (χ0n) is 11.6. The molecule has 3 atom stereocenters. The Kier molecular flexibility index (Phi) is 4.73. The Balaban J connectivity index is 1.64. The summed E-state index contributed by atoms with van der Waals surface area (Å²) in [5, 5.41) is 0. The quantitative estimate of drug-likeness (QED) is 0.647. The van der Waals surface area contributed by atoms with Crippen LogP contribution in [0.4, 0.5) is 0 Å². The molecule has 4 nitrogen and oxygen atoms in total. The van der Waals surface area contributed by atoms with E-state index >= 15 is 0 Å². The van der Waals surface area contributed by atoms with Crippen molar-refractivity contribution in [1.29, 1.82) is 0 Å². The molecule has 1 aromatic rings. The molecule has 3 N–H and O–H groups in total. The predicted octanol–water partition coefficient (Wildman–Crippen LogP) is 1.69. The number of rotatable bonds is 4. The number of hydrogen-bond donors (Lipinski definition) is 2. The van der Waals surface area contributed by atoms with Crippen LogP contribution < -0.4 is 11.3 Å². The third kappa shape index (κ3) is 3.23. The minimum absolute atomic E-state index is 0.158. The molecule has 2 fully saturated rings. The summed E-state index contributed by atoms with van der Waals surface area (Å²) in [6.07, 6.45) is 3.64. The highest BCUT2D eigenvalue weighted by Crippen LogP contribution is 2.24. The van der Waals surface area contributed by atoms with Crippen LogP contribution in [0.2, 0.25) is 0 Å². The first-order chi connectivity index (χ1) is 9.76. The molecule has 1 aromatic carbocycles. The SMILES string of the molecule is NNC(Cc1cccc(Br)c1)C1CN2CCCC2CO1. The van der Waals surface area contributed by atoms with Crippen molar-refractivity contribution in [2.24, 2.45) is 5.84 Å². The number of halogens is 1. The van der Waals surface area contributed by atoms with Crippen molar-refractivity contribution in [2.45, 2.75) is 37.5 Å². The van der Waals surface area contributed by atoms with Gasteiger partial charge in [0.1, 0.15) is 0 Å². The van der Waals surface area contributed by atoms with Crippen molar-refractivity contribution in [1.82, 2.24) is 10.3 Å². The zero-order valence-corrected chi connectivity index (χ0v) is 13.2. The van der Waals surface area contributed by atoms with E-state index in [1.807, 2.05) is 6.07 Å². The van der Waals surface area contributed by atoms with E-state index in [9.17, 15) is 0 Å². The van der Waals surface area contributed by atoms with Crippen molar-refractivity contribution < 1.29 is 4.74 Å². The third-order valence-electron chi connectivity index (χ3n) is 4.42. The summed E-state index contributed by atoms with van der Waals surface area (Å²) in [5.41, 5.74) is 4.23. The van der Waals surface area contributed by atoms with Gasteiger partial charge >= 0.3 is 0 Å². The Labute approximate surface area is 128 Å². The molecule has 2 aliphatic rings. The summed E-state index contributed by atoms with van der Waals surface area (Å²) in [6.45, 7) is 3.05. The molecular formula is C15H22BrN3O. The number of hydrogen-bond acceptors (Lipinski definition) is 4. The fourth-order valence-corrected chi connectivity index (χ4v) is 3.75. The van der Waals surface area contributed by atoms with Gasteiger partial charge in [-0.3, -0.25) is 16.2 Å². The van der Waals surface area contributed by atoms with E-state index < -0.39 is 0 Å². The van der Waals surface area contributed by atoms with Gasteiger partial charge in [-0.05, 0) is 43.5 Å². The minimum Gasteiger partial charge on any atom is -0.374 e. The summed E-state index contributed by atoms with van der Waals surface area (Å²) in [6, 6.07) is 9.18. The van der Waals surface area contributed by atoms with Crippen molar-refractivity contribution in [3.05, 3.63) is 34.3 Å². The maximum Gasteiger partial charge on any atom is 0.0872 e. The van der Waals surface area contributed by atoms with Gasteiger partial charge in [0, 0.05) is 17.1 Å². The van der Waals surface area contributed by atoms with Gasteiger partial charge in [0.2, 0.25) is 0 Å². The highest BCUT2D eigenvalue weighted by molar-refractivity contribution is 9.10. The lowest BCUT2D eigenvalue weighted by molar-refractivity contribution is -0.0644. The molecule has 0 bridgehead atoms. The topological polar surface area (TPSA) is 50.5 Å². The Morgan fingerprint density at radius 3 is 3.20 bits per heavy atom. The summed E-state index contributed by atoms with van der Waals surface area (Å²) in [4.78, 5) is 2.55. The normalized spacial score (nSPS) is 28.3. The van der Waals surface area contributed by atoms with E-state index in [1.54, 1.807) is 0 Å². The summed E-state index contributed by atoms with van der Waals surface area (Å²) in [7, 11) is 0. The molecule has 0 aromatic heterocycles. The molecule has 2 heterocycles. The van der Waals surface area contributed by atoms with Crippen molar-refractivity contribution in [3.63, 3.8) is 0 Å². The van der Waals surface area contributed by atoms with E-state index in [2.05, 4.69) is 44.5 Å². The maximum atomic E-state index is 6.05. The number of morpholine rings is 1. The first-order valence-corrected chi connectivity index (χ1v) is 8.12. The van der Waals surface area contributed by atoms with E-state index in [0.717, 1.165) is 24.0 Å². The van der Waals surface area contributed by atoms with Gasteiger partial charge in [-0.2, -0.15) is 0 Å². The lowest BCUT2D eigenvalue weighted by Gasteiger charge is -2.38. The van der Waals surface area contributed by atoms with Crippen molar-refractivity contribution >= 4 is 15.9 Å². The Morgan fingerprint density at radius 1 is 1.50 bits per heavy atom. The van der Waals surface area contributed by atoms with Crippen LogP contribution in [0.25, 0.3) is 0 Å². The minimum atomic E-state index is 0.158. The fraction of sp³-hybridized carbons (Fsp3) is 0.600. The molecule has 110 valence electrons. The number of hydrazine groups is 1. The smallest absolute Gasteiger partial charge is 0.0872 e. The highest BCUT2D eigenvalue weighted by Gasteiger charge is 2.35. The molecular weight excluding hydrogens is 318 g/mol. The zero-order chi connectivity index (χ0) is 13.9. The molecule has 0 spiro atoms. The molecule has 0 saturated carbocycles. The van der Waals surface area contributed by atoms with Gasteiger partial charge in [0.15, 0.2) is 0 Å². The van der Waals surface area contributed by atoms with Crippen LogP contribution in [0.15, 0.2) is 28.7 Å². The van der Waals surface area contributed by atoms with Gasteiger partial charge in [0.25, 0.3) is 0 Å². The highest BCUT2D eigenvalue weighted by atomic mass is 79.9. The van der Waals surface area contributed by atoms with Gasteiger partial charge < -0.3 is 4.74 Å². The third-order valence-corrected chi connectivity index (χ3v) is 4.92. The van der Waals surface area contributed by atoms with Crippen molar-refractivity contribution in [2.75, 3.05) is 19.7 Å². The number of nitrogens with two attached hydrogens (primary N) is 1. The maximum absolute atomic E-state index is 6.05. The second-order valence-corrected chi connectivity index (χ2v) is 6.69. The number of fused-ring (bicyclic) bond motifs is 1. The van der Waals surface area contributed by atoms with Crippen LogP contribution in [-0.2, 0) is 11.2 Å². The molecule has 5 heteroatoms. The molecule has 20 heavy (non-hydrogen) atoms. The number of benzene rings is 1. The van der Waals surface area contributed by atoms with Gasteiger partial charge in [0.05, 0.1) is 18.8 Å². The van der Waals surface area contributed by atoms with Gasteiger partial charge in [-0.25, -0.2) is 0 Å². The second-order valence-electron chi connectivity index (χ2n) is 5.77. The molecule has 2 saturated heterocycles. The largest absolute Gasteiger partial charge is 0.374 e. The average molecular weight is 340 g/mol. The van der Waals surface area contributed by atoms with Crippen LogP contribution in [0.1, 0.15) is 18.4 Å². The van der Waals surface area contributed by atoms with Gasteiger partial charge in [-0.1, -0.05) is 28.1 Å². The lowest BCUT2D eigenvalue weighted by Crippen LogP contribution is -2.56. The van der Waals surface area contributed by atoms with Crippen molar-refractivity contribution in [3.8, 4) is 0 Å². The molecule has 3 unspecified atom stereocenters. The van der Waals surface area contributed by atoms with Crippen LogP contribution in [-0.4, -0.2) is 42.8 Å². The first-order valence-electron chi connectivity index (χ1n) is 7.32. The molecule has 2 aliphatic heterocycles. The first kappa shape index (κ1) is 14.5. The van der Waals surface area contributed by atoms with Crippen LogP contribution in [0.5, 0.6) is 0 Å².